The monoisotopic (exact) mass is 385 g/mol. The van der Waals surface area contributed by atoms with Crippen LogP contribution in [0.25, 0.3) is 0 Å². The van der Waals surface area contributed by atoms with Gasteiger partial charge in [0.05, 0.1) is 23.5 Å². The maximum atomic E-state index is 12.7. The van der Waals surface area contributed by atoms with E-state index in [0.29, 0.717) is 36.7 Å². The molecule has 0 saturated carbocycles. The average Bonchev–Trinajstić information content (AvgIpc) is 3.11. The summed E-state index contributed by atoms with van der Waals surface area (Å²) in [7, 11) is 0. The first-order chi connectivity index (χ1) is 13.4. The van der Waals surface area contributed by atoms with Crippen molar-refractivity contribution in [3.63, 3.8) is 0 Å². The number of carbonyl (C=O) groups is 1. The highest BCUT2D eigenvalue weighted by Crippen LogP contribution is 2.24. The number of aliphatic hydroxyl groups is 1. The Morgan fingerprint density at radius 1 is 1.25 bits per heavy atom. The van der Waals surface area contributed by atoms with Gasteiger partial charge in [0.25, 0.3) is 11.6 Å². The highest BCUT2D eigenvalue weighted by molar-refractivity contribution is 5.78. The molecule has 0 aromatic heterocycles. The molecule has 1 fully saturated rings. The Labute approximate surface area is 162 Å². The Bertz CT molecular complexity index is 830. The van der Waals surface area contributed by atoms with Crippen molar-refractivity contribution in [2.75, 3.05) is 19.6 Å². The van der Waals surface area contributed by atoms with Crippen LogP contribution in [0.2, 0.25) is 0 Å². The molecular formula is C20H23N3O5. The molecule has 2 atom stereocenters. The third-order valence-electron chi connectivity index (χ3n) is 4.89. The summed E-state index contributed by atoms with van der Waals surface area (Å²) in [4.78, 5) is 25.1. The second kappa shape index (κ2) is 8.92. The number of amides is 1. The van der Waals surface area contributed by atoms with E-state index in [1.165, 1.54) is 18.2 Å². The van der Waals surface area contributed by atoms with Crippen molar-refractivity contribution in [2.24, 2.45) is 0 Å². The van der Waals surface area contributed by atoms with Gasteiger partial charge in [0.15, 0.2) is 0 Å². The molecule has 0 radical (unpaired) electrons. The van der Waals surface area contributed by atoms with Crippen LogP contribution in [0.15, 0.2) is 54.6 Å². The quantitative estimate of drug-likeness (QED) is 0.430. The second-order valence-electron chi connectivity index (χ2n) is 6.97. The van der Waals surface area contributed by atoms with Gasteiger partial charge in [-0.3, -0.25) is 25.0 Å². The van der Waals surface area contributed by atoms with Gasteiger partial charge in [0.2, 0.25) is 0 Å². The van der Waals surface area contributed by atoms with Crippen molar-refractivity contribution < 1.29 is 20.0 Å². The lowest BCUT2D eigenvalue weighted by atomic mass is 10.0. The molecule has 1 heterocycles. The third-order valence-corrected chi connectivity index (χ3v) is 4.89. The Morgan fingerprint density at radius 2 is 2.00 bits per heavy atom. The molecule has 0 spiro atoms. The summed E-state index contributed by atoms with van der Waals surface area (Å²) in [5.74, 6) is -0.547. The van der Waals surface area contributed by atoms with Gasteiger partial charge >= 0.3 is 0 Å². The second-order valence-corrected chi connectivity index (χ2v) is 6.97. The standard InChI is InChI=1S/C20H23N3O5/c24-18-9-10-21(13-18)14-19(16-6-2-1-3-7-16)22(26)20(25)12-15-5-4-8-17(11-15)23(27)28/h1-8,11,18-19,24,26H,9-10,12-14H2. The minimum atomic E-state index is -0.599. The Morgan fingerprint density at radius 3 is 2.64 bits per heavy atom. The molecule has 8 nitrogen and oxygen atoms in total. The van der Waals surface area contributed by atoms with Crippen molar-refractivity contribution >= 4 is 11.6 Å². The van der Waals surface area contributed by atoms with Crippen molar-refractivity contribution in [1.29, 1.82) is 0 Å². The van der Waals surface area contributed by atoms with Gasteiger partial charge < -0.3 is 5.11 Å². The van der Waals surface area contributed by atoms with Crippen molar-refractivity contribution in [2.45, 2.75) is 25.0 Å². The fourth-order valence-electron chi connectivity index (χ4n) is 3.43. The zero-order valence-corrected chi connectivity index (χ0v) is 15.3. The summed E-state index contributed by atoms with van der Waals surface area (Å²) >= 11 is 0. The summed E-state index contributed by atoms with van der Waals surface area (Å²) in [5, 5.41) is 32.0. The lowest BCUT2D eigenvalue weighted by Crippen LogP contribution is -2.40. The Kier molecular flexibility index (Phi) is 6.35. The number of hydroxylamine groups is 2. The van der Waals surface area contributed by atoms with Crippen LogP contribution in [0.4, 0.5) is 5.69 Å². The SMILES string of the molecule is O=C(Cc1cccc([N+](=O)[O-])c1)N(O)C(CN1CCC(O)C1)c1ccccc1. The summed E-state index contributed by atoms with van der Waals surface area (Å²) in [6.45, 7) is 1.58. The first-order valence-electron chi connectivity index (χ1n) is 9.13. The maximum Gasteiger partial charge on any atom is 0.269 e. The lowest BCUT2D eigenvalue weighted by molar-refractivity contribution is -0.384. The predicted molar refractivity (Wildman–Crippen MR) is 102 cm³/mol. The number of aliphatic hydroxyl groups excluding tert-OH is 1. The number of non-ortho nitro benzene ring substituents is 1. The molecule has 8 heteroatoms. The summed E-state index contributed by atoms with van der Waals surface area (Å²) in [6.07, 6.45) is 0.114. The molecule has 2 aromatic carbocycles. The van der Waals surface area contributed by atoms with Crippen LogP contribution in [-0.2, 0) is 11.2 Å². The smallest absolute Gasteiger partial charge is 0.269 e. The van der Waals surface area contributed by atoms with Gasteiger partial charge in [0, 0.05) is 31.8 Å². The molecule has 2 N–H and O–H groups in total. The maximum absolute atomic E-state index is 12.7. The van der Waals surface area contributed by atoms with Crippen LogP contribution in [0.5, 0.6) is 0 Å². The van der Waals surface area contributed by atoms with E-state index in [1.807, 2.05) is 35.2 Å². The number of hydrogen-bond donors (Lipinski definition) is 2. The van der Waals surface area contributed by atoms with Crippen molar-refractivity contribution in [1.82, 2.24) is 9.96 Å². The van der Waals surface area contributed by atoms with E-state index in [9.17, 15) is 25.2 Å². The van der Waals surface area contributed by atoms with E-state index in [1.54, 1.807) is 6.07 Å². The van der Waals surface area contributed by atoms with Gasteiger partial charge in [-0.25, -0.2) is 5.06 Å². The zero-order chi connectivity index (χ0) is 20.1. The Hall–Kier alpha value is -2.81. The summed E-state index contributed by atoms with van der Waals surface area (Å²) in [5.41, 5.74) is 1.14. The fourth-order valence-corrected chi connectivity index (χ4v) is 3.43. The van der Waals surface area contributed by atoms with E-state index in [0.717, 1.165) is 5.56 Å². The van der Waals surface area contributed by atoms with Gasteiger partial charge in [-0.05, 0) is 17.5 Å². The number of likely N-dealkylation sites (tertiary alicyclic amines) is 1. The molecule has 2 unspecified atom stereocenters. The number of carbonyl (C=O) groups excluding carboxylic acids is 1. The third kappa shape index (κ3) is 4.92. The largest absolute Gasteiger partial charge is 0.392 e. The minimum Gasteiger partial charge on any atom is -0.392 e. The molecular weight excluding hydrogens is 362 g/mol. The van der Waals surface area contributed by atoms with E-state index in [2.05, 4.69) is 0 Å². The summed E-state index contributed by atoms with van der Waals surface area (Å²) in [6, 6.07) is 14.4. The molecule has 28 heavy (non-hydrogen) atoms. The number of nitrogens with zero attached hydrogens (tertiary/aromatic N) is 3. The number of nitro groups is 1. The van der Waals surface area contributed by atoms with Gasteiger partial charge in [-0.2, -0.15) is 0 Å². The van der Waals surface area contributed by atoms with Crippen molar-refractivity contribution in [3.05, 3.63) is 75.8 Å². The van der Waals surface area contributed by atoms with Crippen LogP contribution in [0, 0.1) is 10.1 Å². The topological polar surface area (TPSA) is 107 Å². The van der Waals surface area contributed by atoms with E-state index in [4.69, 9.17) is 0 Å². The van der Waals surface area contributed by atoms with Crippen LogP contribution in [-0.4, -0.2) is 56.8 Å². The van der Waals surface area contributed by atoms with Crippen molar-refractivity contribution in [3.8, 4) is 0 Å². The van der Waals surface area contributed by atoms with E-state index in [-0.39, 0.29) is 12.1 Å². The van der Waals surface area contributed by atoms with Crippen LogP contribution >= 0.6 is 0 Å². The molecule has 1 saturated heterocycles. The van der Waals surface area contributed by atoms with Crippen LogP contribution in [0.1, 0.15) is 23.6 Å². The normalized spacial score (nSPS) is 18.0. The van der Waals surface area contributed by atoms with E-state index >= 15 is 0 Å². The molecule has 148 valence electrons. The average molecular weight is 385 g/mol. The van der Waals surface area contributed by atoms with Gasteiger partial charge in [-0.15, -0.1) is 0 Å². The highest BCUT2D eigenvalue weighted by Gasteiger charge is 2.29. The predicted octanol–water partition coefficient (Wildman–Crippen LogP) is 2.16. The molecule has 2 aromatic rings. The number of benzene rings is 2. The van der Waals surface area contributed by atoms with Gasteiger partial charge in [-0.1, -0.05) is 42.5 Å². The molecule has 0 aliphatic carbocycles. The Balaban J connectivity index is 1.76. The first kappa shape index (κ1) is 19.9. The first-order valence-corrected chi connectivity index (χ1v) is 9.13. The minimum absolute atomic E-state index is 0.0968. The number of nitro benzene ring substituents is 1. The number of rotatable bonds is 7. The number of β-amino-alcohol motifs (C(OH)–C–C–N with tert-alkyl or cyclic N) is 1. The highest BCUT2D eigenvalue weighted by atomic mass is 16.6. The molecule has 1 aliphatic heterocycles. The summed E-state index contributed by atoms with van der Waals surface area (Å²) < 4.78 is 0. The fraction of sp³-hybridized carbons (Fsp3) is 0.350. The molecule has 3 rings (SSSR count). The molecule has 0 bridgehead atoms. The van der Waals surface area contributed by atoms with Gasteiger partial charge in [0.1, 0.15) is 0 Å². The number of hydrogen-bond acceptors (Lipinski definition) is 6. The molecule has 1 aliphatic rings. The zero-order valence-electron chi connectivity index (χ0n) is 15.3. The van der Waals surface area contributed by atoms with Crippen LogP contribution < -0.4 is 0 Å². The lowest BCUT2D eigenvalue weighted by Gasteiger charge is -2.30. The van der Waals surface area contributed by atoms with E-state index < -0.39 is 23.0 Å². The van der Waals surface area contributed by atoms with Crippen LogP contribution in [0.3, 0.4) is 0 Å². The molecule has 1 amide bonds.